The molecule has 2 aromatic heterocycles. The van der Waals surface area contributed by atoms with Crippen LogP contribution in [-0.4, -0.2) is 63.8 Å². The molecule has 8 nitrogen and oxygen atoms in total. The quantitative estimate of drug-likeness (QED) is 0.119. The van der Waals surface area contributed by atoms with E-state index in [1.807, 2.05) is 13.8 Å². The van der Waals surface area contributed by atoms with Gasteiger partial charge >= 0.3 is 0 Å². The van der Waals surface area contributed by atoms with Gasteiger partial charge in [0.25, 0.3) is 0 Å². The minimum Gasteiger partial charge on any atom is -0.390 e. The fraction of sp³-hybridized carbons (Fsp3) is 0.677. The summed E-state index contributed by atoms with van der Waals surface area (Å²) in [5, 5.41) is 11.4. The number of nitrogens with zero attached hydrogens (tertiary/aromatic N) is 3. The maximum atomic E-state index is 10.3. The Kier molecular flexibility index (Phi) is 11.5. The number of benzene rings is 1. The van der Waals surface area contributed by atoms with Gasteiger partial charge in [0.2, 0.25) is 0 Å². The lowest BCUT2D eigenvalue weighted by atomic mass is 9.80. The normalized spacial score (nSPS) is 14.1. The molecular formula is C31H52N6O2. The monoisotopic (exact) mass is 540 g/mol. The van der Waals surface area contributed by atoms with E-state index < -0.39 is 5.60 Å². The number of nitrogen functional groups attached to an aromatic ring is 1. The third kappa shape index (κ3) is 9.71. The van der Waals surface area contributed by atoms with E-state index in [4.69, 9.17) is 15.6 Å². The number of rotatable bonds is 18. The Hall–Kier alpha value is -2.26. The Morgan fingerprint density at radius 2 is 1.85 bits per heavy atom. The summed E-state index contributed by atoms with van der Waals surface area (Å²) in [6.45, 7) is 13.7. The van der Waals surface area contributed by atoms with Crippen LogP contribution in [-0.2, 0) is 17.7 Å². The predicted octanol–water partition coefficient (Wildman–Crippen LogP) is 5.78. The Balaban J connectivity index is 1.35. The zero-order chi connectivity index (χ0) is 28.5. The van der Waals surface area contributed by atoms with Crippen molar-refractivity contribution in [3.05, 3.63) is 29.6 Å². The van der Waals surface area contributed by atoms with E-state index in [0.717, 1.165) is 92.3 Å². The van der Waals surface area contributed by atoms with Crippen LogP contribution in [0.4, 0.5) is 5.82 Å². The molecule has 0 saturated heterocycles. The fourth-order valence-electron chi connectivity index (χ4n) is 5.24. The van der Waals surface area contributed by atoms with Crippen LogP contribution in [0.15, 0.2) is 18.2 Å². The number of imidazole rings is 1. The molecule has 0 aliphatic carbocycles. The molecule has 39 heavy (non-hydrogen) atoms. The number of fused-ring (bicyclic) bond motifs is 3. The lowest BCUT2D eigenvalue weighted by Crippen LogP contribution is -2.36. The predicted molar refractivity (Wildman–Crippen MR) is 163 cm³/mol. The van der Waals surface area contributed by atoms with Crippen LogP contribution in [0, 0.1) is 5.41 Å². The number of likely N-dealkylation sites (N-methyl/N-ethyl adjacent to an activating group) is 1. The van der Waals surface area contributed by atoms with Crippen LogP contribution in [0.2, 0.25) is 0 Å². The first-order valence-corrected chi connectivity index (χ1v) is 14.9. The van der Waals surface area contributed by atoms with Crippen LogP contribution in [0.25, 0.3) is 21.9 Å². The molecule has 3 rings (SSSR count). The smallest absolute Gasteiger partial charge is 0.150 e. The number of nitrogens with one attached hydrogen (secondary N) is 2. The van der Waals surface area contributed by atoms with Gasteiger partial charge < -0.3 is 25.6 Å². The molecule has 0 radical (unpaired) electrons. The molecule has 5 N–H and O–H groups in total. The van der Waals surface area contributed by atoms with E-state index in [2.05, 4.69) is 66.4 Å². The first-order chi connectivity index (χ1) is 18.5. The zero-order valence-corrected chi connectivity index (χ0v) is 25.2. The van der Waals surface area contributed by atoms with Crippen LogP contribution in [0.3, 0.4) is 0 Å². The Labute approximate surface area is 235 Å². The largest absolute Gasteiger partial charge is 0.390 e. The molecule has 0 fully saturated rings. The molecule has 1 unspecified atom stereocenters. The van der Waals surface area contributed by atoms with Crippen molar-refractivity contribution < 1.29 is 9.94 Å². The first kappa shape index (κ1) is 31.3. The van der Waals surface area contributed by atoms with E-state index in [1.165, 1.54) is 18.4 Å². The van der Waals surface area contributed by atoms with Gasteiger partial charge in [0, 0.05) is 24.9 Å². The van der Waals surface area contributed by atoms with Crippen molar-refractivity contribution >= 4 is 27.8 Å². The Bertz CT molecular complexity index is 1170. The molecule has 1 aromatic carbocycles. The number of unbranched alkanes of at least 4 members (excludes halogenated alkanes) is 3. The number of hydrogen-bond donors (Lipinski definition) is 4. The topological polar surface area (TPSA) is 112 Å². The second-order valence-electron chi connectivity index (χ2n) is 12.3. The Morgan fingerprint density at radius 3 is 2.59 bits per heavy atom. The van der Waals surface area contributed by atoms with Crippen molar-refractivity contribution in [3.8, 4) is 0 Å². The number of anilines is 1. The minimum absolute atomic E-state index is 0.0743. The average Bonchev–Trinajstić information content (AvgIpc) is 3.31. The third-order valence-corrected chi connectivity index (χ3v) is 7.62. The molecule has 0 amide bonds. The van der Waals surface area contributed by atoms with E-state index in [9.17, 15) is 5.11 Å². The highest BCUT2D eigenvalue weighted by atomic mass is 16.6. The minimum atomic E-state index is -0.642. The molecule has 2 heterocycles. The van der Waals surface area contributed by atoms with Gasteiger partial charge in [-0.05, 0) is 76.1 Å². The maximum Gasteiger partial charge on any atom is 0.150 e. The number of hydroxylamine groups is 1. The molecule has 8 heteroatoms. The highest BCUT2D eigenvalue weighted by Crippen LogP contribution is 2.30. The number of H-pyrrole nitrogens is 1. The summed E-state index contributed by atoms with van der Waals surface area (Å²) in [4.78, 5) is 20.9. The zero-order valence-electron chi connectivity index (χ0n) is 25.2. The summed E-state index contributed by atoms with van der Waals surface area (Å²) in [7, 11) is 2.16. The number of aliphatic hydroxyl groups is 1. The maximum absolute atomic E-state index is 10.3. The van der Waals surface area contributed by atoms with Gasteiger partial charge in [0.1, 0.15) is 22.7 Å². The summed E-state index contributed by atoms with van der Waals surface area (Å²) < 4.78 is 0. The number of aromatic amines is 1. The molecule has 1 atom stereocenters. The van der Waals surface area contributed by atoms with Crippen LogP contribution >= 0.6 is 0 Å². The van der Waals surface area contributed by atoms with Crippen LogP contribution in [0.5, 0.6) is 0 Å². The molecule has 0 aliphatic rings. The SMILES string of the molecule is CCCCc1nc2c([nH]1)c(N)nc1cc(CCCCCN(C)CCNOCC(C)(C)CC(C)(O)CC)ccc12. The number of aromatic nitrogens is 3. The first-order valence-electron chi connectivity index (χ1n) is 14.9. The second-order valence-corrected chi connectivity index (χ2v) is 12.3. The number of nitrogens with two attached hydrogens (primary N) is 1. The van der Waals surface area contributed by atoms with Gasteiger partial charge in [-0.25, -0.2) is 15.4 Å². The van der Waals surface area contributed by atoms with E-state index >= 15 is 0 Å². The van der Waals surface area contributed by atoms with Crippen molar-refractivity contribution in [1.82, 2.24) is 25.3 Å². The molecule has 0 bridgehead atoms. The average molecular weight is 541 g/mol. The summed E-state index contributed by atoms with van der Waals surface area (Å²) in [5.74, 6) is 1.52. The lowest BCUT2D eigenvalue weighted by molar-refractivity contribution is -0.0518. The van der Waals surface area contributed by atoms with Crippen molar-refractivity contribution in [2.24, 2.45) is 5.41 Å². The molecule has 0 saturated carbocycles. The molecule has 0 aliphatic heterocycles. The number of pyridine rings is 1. The van der Waals surface area contributed by atoms with Crippen molar-refractivity contribution in [1.29, 1.82) is 0 Å². The van der Waals surface area contributed by atoms with E-state index in [1.54, 1.807) is 0 Å². The van der Waals surface area contributed by atoms with E-state index in [0.29, 0.717) is 12.4 Å². The van der Waals surface area contributed by atoms with Gasteiger partial charge in [0.15, 0.2) is 0 Å². The summed E-state index contributed by atoms with van der Waals surface area (Å²) >= 11 is 0. The molecular weight excluding hydrogens is 488 g/mol. The molecule has 0 spiro atoms. The molecule has 3 aromatic rings. The van der Waals surface area contributed by atoms with Crippen LogP contribution in [0.1, 0.15) is 91.0 Å². The van der Waals surface area contributed by atoms with Gasteiger partial charge in [-0.15, -0.1) is 0 Å². The lowest BCUT2D eigenvalue weighted by Gasteiger charge is -2.32. The molecule has 218 valence electrons. The highest BCUT2D eigenvalue weighted by Gasteiger charge is 2.29. The number of aryl methyl sites for hydroxylation is 2. The van der Waals surface area contributed by atoms with Gasteiger partial charge in [-0.1, -0.05) is 52.7 Å². The summed E-state index contributed by atoms with van der Waals surface area (Å²) in [6.07, 6.45) is 9.20. The Morgan fingerprint density at radius 1 is 1.05 bits per heavy atom. The van der Waals surface area contributed by atoms with Gasteiger partial charge in [0.05, 0.1) is 17.7 Å². The van der Waals surface area contributed by atoms with Crippen molar-refractivity contribution in [2.45, 2.75) is 98.0 Å². The summed E-state index contributed by atoms with van der Waals surface area (Å²) in [6, 6.07) is 6.54. The van der Waals surface area contributed by atoms with Crippen LogP contribution < -0.4 is 11.2 Å². The van der Waals surface area contributed by atoms with Gasteiger partial charge in [-0.3, -0.25) is 0 Å². The third-order valence-electron chi connectivity index (χ3n) is 7.62. The standard InChI is InChI=1S/C31H52N6O2/c1-7-9-14-26-35-27-24-16-15-23(20-25(24)34-29(32)28(27)36-26)13-11-10-12-18-37(6)19-17-33-39-22-30(3,4)21-31(5,38)8-2/h15-16,20,33,38H,7-14,17-19,21-22H2,1-6H3,(H2,32,34)(H,35,36). The number of hydrogen-bond acceptors (Lipinski definition) is 7. The summed E-state index contributed by atoms with van der Waals surface area (Å²) in [5.41, 5.74) is 12.7. The van der Waals surface area contributed by atoms with Crippen molar-refractivity contribution in [2.75, 3.05) is 39.0 Å². The van der Waals surface area contributed by atoms with Crippen molar-refractivity contribution in [3.63, 3.8) is 0 Å². The van der Waals surface area contributed by atoms with Gasteiger partial charge in [-0.2, -0.15) is 0 Å². The second kappa shape index (κ2) is 14.4. The fourth-order valence-corrected chi connectivity index (χ4v) is 5.24. The van der Waals surface area contributed by atoms with E-state index in [-0.39, 0.29) is 5.41 Å². The highest BCUT2D eigenvalue weighted by molar-refractivity contribution is 6.06.